The zero-order chi connectivity index (χ0) is 15.3. The quantitative estimate of drug-likeness (QED) is 0.477. The molecule has 1 atom stereocenters. The molecule has 2 aromatic rings. The van der Waals surface area contributed by atoms with E-state index in [0.29, 0.717) is 11.4 Å². The number of aromatic nitrogens is 1. The monoisotopic (exact) mass is 327 g/mol. The number of hydrogen-bond acceptors (Lipinski definition) is 6. The largest absolute Gasteiger partial charge is 0.423 e. The lowest BCUT2D eigenvalue weighted by Crippen LogP contribution is -2.11. The van der Waals surface area contributed by atoms with Crippen LogP contribution in [0.5, 0.6) is 0 Å². The standard InChI is InChI=1S/C12H14N3O4PS/c1-20(18,14-7-10-5-3-2-4-6-10)19-9-11-8-13-12(21-11)15(16)17/h2-6,8H,7,9H2,1H3,(H,14,18). The summed E-state index contributed by atoms with van der Waals surface area (Å²) in [4.78, 5) is 14.2. The van der Waals surface area contributed by atoms with Crippen LogP contribution in [-0.4, -0.2) is 16.6 Å². The summed E-state index contributed by atoms with van der Waals surface area (Å²) in [5.74, 6) is 0. The van der Waals surface area contributed by atoms with Crippen LogP contribution < -0.4 is 5.09 Å². The van der Waals surface area contributed by atoms with Gasteiger partial charge in [0.1, 0.15) is 0 Å². The van der Waals surface area contributed by atoms with Gasteiger partial charge in [0.05, 0.1) is 11.5 Å². The molecule has 2 rings (SSSR count). The minimum absolute atomic E-state index is 0.0288. The van der Waals surface area contributed by atoms with Crippen LogP contribution in [0.25, 0.3) is 0 Å². The highest BCUT2D eigenvalue weighted by atomic mass is 32.1. The van der Waals surface area contributed by atoms with Gasteiger partial charge in [-0.3, -0.25) is 4.57 Å². The molecule has 0 fully saturated rings. The molecule has 1 heterocycles. The molecule has 0 aliphatic rings. The second-order valence-electron chi connectivity index (χ2n) is 4.31. The fourth-order valence-corrected chi connectivity index (χ4v) is 3.18. The molecule has 112 valence electrons. The molecule has 9 heteroatoms. The maximum atomic E-state index is 12.2. The predicted molar refractivity (Wildman–Crippen MR) is 80.4 cm³/mol. The van der Waals surface area contributed by atoms with Crippen molar-refractivity contribution in [1.82, 2.24) is 10.1 Å². The summed E-state index contributed by atoms with van der Waals surface area (Å²) >= 11 is 0.912. The van der Waals surface area contributed by atoms with Crippen molar-refractivity contribution in [2.45, 2.75) is 13.2 Å². The summed E-state index contributed by atoms with van der Waals surface area (Å²) < 4.78 is 17.5. The van der Waals surface area contributed by atoms with Crippen LogP contribution in [0.4, 0.5) is 5.13 Å². The highest BCUT2D eigenvalue weighted by Gasteiger charge is 2.18. The van der Waals surface area contributed by atoms with E-state index in [1.165, 1.54) is 12.9 Å². The number of nitrogens with zero attached hydrogens (tertiary/aromatic N) is 2. The van der Waals surface area contributed by atoms with Crippen LogP contribution in [0.3, 0.4) is 0 Å². The van der Waals surface area contributed by atoms with E-state index in [0.717, 1.165) is 16.9 Å². The summed E-state index contributed by atoms with van der Waals surface area (Å²) in [6.07, 6.45) is 1.36. The fourth-order valence-electron chi connectivity index (χ4n) is 1.51. The van der Waals surface area contributed by atoms with Gasteiger partial charge in [-0.1, -0.05) is 30.3 Å². The third-order valence-corrected chi connectivity index (χ3v) is 4.84. The van der Waals surface area contributed by atoms with Gasteiger partial charge in [0.15, 0.2) is 6.20 Å². The smallest absolute Gasteiger partial charge is 0.357 e. The van der Waals surface area contributed by atoms with Crippen molar-refractivity contribution in [3.05, 3.63) is 57.1 Å². The van der Waals surface area contributed by atoms with E-state index in [1.807, 2.05) is 30.3 Å². The molecule has 1 aromatic carbocycles. The first-order valence-electron chi connectivity index (χ1n) is 6.06. The maximum Gasteiger partial charge on any atom is 0.423 e. The van der Waals surface area contributed by atoms with Crippen LogP contribution >= 0.6 is 18.9 Å². The lowest BCUT2D eigenvalue weighted by atomic mass is 10.2. The van der Waals surface area contributed by atoms with Gasteiger partial charge in [0, 0.05) is 13.2 Å². The Bertz CT molecular complexity index is 662. The molecule has 1 N–H and O–H groups in total. The summed E-state index contributed by atoms with van der Waals surface area (Å²) in [7, 11) is -2.98. The van der Waals surface area contributed by atoms with Crippen molar-refractivity contribution in [3.8, 4) is 0 Å². The van der Waals surface area contributed by atoms with Crippen LogP contribution in [0.2, 0.25) is 0 Å². The molecular weight excluding hydrogens is 313 g/mol. The minimum Gasteiger partial charge on any atom is -0.357 e. The van der Waals surface area contributed by atoms with E-state index in [2.05, 4.69) is 10.1 Å². The summed E-state index contributed by atoms with van der Waals surface area (Å²) in [6, 6.07) is 9.53. The average molecular weight is 327 g/mol. The van der Waals surface area contributed by atoms with Gasteiger partial charge in [-0.2, -0.15) is 0 Å². The lowest BCUT2D eigenvalue weighted by molar-refractivity contribution is -0.384. The van der Waals surface area contributed by atoms with Crippen molar-refractivity contribution in [1.29, 1.82) is 0 Å². The first-order valence-corrected chi connectivity index (χ1v) is 8.95. The third kappa shape index (κ3) is 5.02. The van der Waals surface area contributed by atoms with Crippen LogP contribution in [0.15, 0.2) is 36.5 Å². The van der Waals surface area contributed by atoms with Gasteiger partial charge in [-0.25, -0.2) is 5.09 Å². The van der Waals surface area contributed by atoms with Crippen LogP contribution in [0.1, 0.15) is 10.4 Å². The van der Waals surface area contributed by atoms with E-state index in [-0.39, 0.29) is 11.7 Å². The maximum absolute atomic E-state index is 12.2. The van der Waals surface area contributed by atoms with E-state index in [1.54, 1.807) is 0 Å². The minimum atomic E-state index is -2.98. The first-order chi connectivity index (χ1) is 9.96. The number of nitro groups is 1. The Morgan fingerprint density at radius 3 is 2.76 bits per heavy atom. The molecule has 0 bridgehead atoms. The molecule has 0 saturated carbocycles. The highest BCUT2D eigenvalue weighted by Crippen LogP contribution is 2.39. The van der Waals surface area contributed by atoms with Gasteiger partial charge in [0.25, 0.3) is 7.52 Å². The molecule has 0 spiro atoms. The summed E-state index contributed by atoms with van der Waals surface area (Å²) in [5.41, 5.74) is 0.997. The van der Waals surface area contributed by atoms with Gasteiger partial charge in [-0.05, 0) is 26.8 Å². The van der Waals surface area contributed by atoms with Crippen LogP contribution in [0, 0.1) is 10.1 Å². The van der Waals surface area contributed by atoms with E-state index in [9.17, 15) is 14.7 Å². The van der Waals surface area contributed by atoms with Gasteiger partial charge < -0.3 is 14.6 Å². The molecule has 0 saturated heterocycles. The van der Waals surface area contributed by atoms with Crippen molar-refractivity contribution in [3.63, 3.8) is 0 Å². The van der Waals surface area contributed by atoms with Crippen molar-refractivity contribution >= 4 is 24.0 Å². The highest BCUT2D eigenvalue weighted by molar-refractivity contribution is 7.55. The van der Waals surface area contributed by atoms with Gasteiger partial charge in [0.2, 0.25) is 0 Å². The number of benzene rings is 1. The first kappa shape index (κ1) is 15.8. The summed E-state index contributed by atoms with van der Waals surface area (Å²) in [6.45, 7) is 1.93. The van der Waals surface area contributed by atoms with E-state index in [4.69, 9.17) is 4.52 Å². The normalized spacial score (nSPS) is 13.8. The molecular formula is C12H14N3O4PS. The molecule has 1 aromatic heterocycles. The molecule has 1 unspecified atom stereocenters. The molecule has 0 amide bonds. The third-order valence-electron chi connectivity index (χ3n) is 2.56. The number of thiazole rings is 1. The second-order valence-corrected chi connectivity index (χ2v) is 7.67. The Morgan fingerprint density at radius 2 is 2.14 bits per heavy atom. The number of hydrogen-bond donors (Lipinski definition) is 1. The predicted octanol–water partition coefficient (Wildman–Crippen LogP) is 3.18. The van der Waals surface area contributed by atoms with Crippen LogP contribution in [-0.2, 0) is 22.2 Å². The Kier molecular flexibility index (Phi) is 5.19. The zero-order valence-electron chi connectivity index (χ0n) is 11.3. The van der Waals surface area contributed by atoms with Gasteiger partial charge >= 0.3 is 5.13 Å². The number of rotatable bonds is 7. The van der Waals surface area contributed by atoms with Gasteiger partial charge in [-0.15, -0.1) is 0 Å². The van der Waals surface area contributed by atoms with Crippen molar-refractivity contribution in [2.24, 2.45) is 0 Å². The lowest BCUT2D eigenvalue weighted by Gasteiger charge is -2.14. The topological polar surface area (TPSA) is 94.4 Å². The molecule has 0 aliphatic carbocycles. The second kappa shape index (κ2) is 6.91. The number of nitrogens with one attached hydrogen (secondary N) is 1. The van der Waals surface area contributed by atoms with E-state index < -0.39 is 12.4 Å². The average Bonchev–Trinajstić information content (AvgIpc) is 2.94. The van der Waals surface area contributed by atoms with Crippen molar-refractivity contribution < 1.29 is 14.0 Å². The summed E-state index contributed by atoms with van der Waals surface area (Å²) in [5, 5.41) is 13.2. The van der Waals surface area contributed by atoms with Crippen molar-refractivity contribution in [2.75, 3.05) is 6.66 Å². The zero-order valence-corrected chi connectivity index (χ0v) is 13.0. The molecule has 0 aliphatic heterocycles. The Balaban J connectivity index is 1.85. The Labute approximate surface area is 125 Å². The van der Waals surface area contributed by atoms with E-state index >= 15 is 0 Å². The molecule has 21 heavy (non-hydrogen) atoms. The fraction of sp³-hybridized carbons (Fsp3) is 0.250. The Morgan fingerprint density at radius 1 is 1.43 bits per heavy atom. The molecule has 7 nitrogen and oxygen atoms in total. The molecule has 0 radical (unpaired) electrons. The Hall–Kier alpha value is -1.60. The SMILES string of the molecule is CP(=O)(NCc1ccccc1)OCc1cnc([N+](=O)[O-])s1.